The van der Waals surface area contributed by atoms with Gasteiger partial charge >= 0.3 is 0 Å². The second-order valence-electron chi connectivity index (χ2n) is 8.61. The molecule has 0 radical (unpaired) electrons. The summed E-state index contributed by atoms with van der Waals surface area (Å²) in [7, 11) is 2.34. The predicted molar refractivity (Wildman–Crippen MR) is 81.8 cm³/mol. The van der Waals surface area contributed by atoms with Crippen LogP contribution in [0.25, 0.3) is 0 Å². The van der Waals surface area contributed by atoms with Crippen molar-refractivity contribution in [3.8, 4) is 0 Å². The highest BCUT2D eigenvalue weighted by Gasteiger charge is 2.44. The number of nitrogens with zero attached hydrogens (tertiary/aromatic N) is 1. The van der Waals surface area contributed by atoms with Gasteiger partial charge in [-0.05, 0) is 42.6 Å². The fraction of sp³-hybridized carbons (Fsp3) is 1.00. The van der Waals surface area contributed by atoms with Crippen LogP contribution >= 0.6 is 0 Å². The van der Waals surface area contributed by atoms with Gasteiger partial charge < -0.3 is 4.90 Å². The number of likely N-dealkylation sites (tertiary alicyclic amines) is 1. The molecule has 1 saturated heterocycles. The molecule has 0 N–H and O–H groups in total. The minimum absolute atomic E-state index is 0.379. The fourth-order valence-electron chi connectivity index (χ4n) is 4.10. The van der Waals surface area contributed by atoms with E-state index in [-0.39, 0.29) is 0 Å². The van der Waals surface area contributed by atoms with Gasteiger partial charge in [-0.15, -0.1) is 0 Å². The molecule has 1 aliphatic heterocycles. The van der Waals surface area contributed by atoms with Crippen LogP contribution in [0.5, 0.6) is 0 Å². The Morgan fingerprint density at radius 1 is 1.00 bits per heavy atom. The molecule has 3 unspecified atom stereocenters. The molecule has 0 aromatic rings. The van der Waals surface area contributed by atoms with Gasteiger partial charge in [-0.2, -0.15) is 0 Å². The second-order valence-corrected chi connectivity index (χ2v) is 8.61. The first-order valence-electron chi connectivity index (χ1n) is 7.77. The van der Waals surface area contributed by atoms with Gasteiger partial charge in [-0.1, -0.05) is 54.9 Å². The molecule has 1 nitrogen and oxygen atoms in total. The third-order valence-electron chi connectivity index (χ3n) is 4.69. The second kappa shape index (κ2) is 5.53. The van der Waals surface area contributed by atoms with E-state index in [9.17, 15) is 0 Å². The van der Waals surface area contributed by atoms with Crippen molar-refractivity contribution < 1.29 is 0 Å². The Labute approximate surface area is 115 Å². The molecule has 18 heavy (non-hydrogen) atoms. The van der Waals surface area contributed by atoms with Crippen LogP contribution in [0, 0.1) is 22.7 Å². The summed E-state index contributed by atoms with van der Waals surface area (Å²) in [6.07, 6.45) is 4.15. The lowest BCUT2D eigenvalue weighted by Gasteiger charge is -2.53. The Morgan fingerprint density at radius 3 is 1.94 bits per heavy atom. The van der Waals surface area contributed by atoms with E-state index in [0.29, 0.717) is 16.9 Å². The maximum Gasteiger partial charge on any atom is 0.0174 e. The molecule has 108 valence electrons. The van der Waals surface area contributed by atoms with E-state index in [0.717, 1.165) is 11.8 Å². The van der Waals surface area contributed by atoms with Crippen molar-refractivity contribution in [2.45, 2.75) is 73.8 Å². The monoisotopic (exact) mass is 253 g/mol. The molecule has 0 amide bonds. The molecule has 0 aromatic carbocycles. The van der Waals surface area contributed by atoms with E-state index in [4.69, 9.17) is 0 Å². The van der Waals surface area contributed by atoms with E-state index in [2.05, 4.69) is 60.4 Å². The van der Waals surface area contributed by atoms with Gasteiger partial charge in [0.2, 0.25) is 0 Å². The fourth-order valence-corrected chi connectivity index (χ4v) is 4.10. The van der Waals surface area contributed by atoms with Crippen LogP contribution in [0.3, 0.4) is 0 Å². The molecule has 1 fully saturated rings. The van der Waals surface area contributed by atoms with Gasteiger partial charge in [-0.3, -0.25) is 0 Å². The summed E-state index contributed by atoms with van der Waals surface area (Å²) in [5.74, 6) is 1.72. The van der Waals surface area contributed by atoms with Crippen LogP contribution in [-0.4, -0.2) is 24.5 Å². The number of hydrogen-bond donors (Lipinski definition) is 0. The Kier molecular flexibility index (Phi) is 4.92. The molecule has 1 aliphatic rings. The van der Waals surface area contributed by atoms with Gasteiger partial charge in [0.15, 0.2) is 0 Å². The maximum absolute atomic E-state index is 2.65. The summed E-state index contributed by atoms with van der Waals surface area (Å²) in [5.41, 5.74) is 0.794. The largest absolute Gasteiger partial charge is 0.302 e. The number of piperidine rings is 1. The molecule has 0 spiro atoms. The summed E-state index contributed by atoms with van der Waals surface area (Å²) in [5, 5.41) is 0. The zero-order valence-electron chi connectivity index (χ0n) is 14.0. The number of rotatable bonds is 2. The topological polar surface area (TPSA) is 3.24 Å². The van der Waals surface area contributed by atoms with Crippen molar-refractivity contribution in [2.75, 3.05) is 13.6 Å². The molecule has 3 atom stereocenters. The molecule has 0 aliphatic carbocycles. The normalized spacial score (nSPS) is 31.7. The van der Waals surface area contributed by atoms with Crippen molar-refractivity contribution in [3.05, 3.63) is 0 Å². The Balaban J connectivity index is 2.95. The van der Waals surface area contributed by atoms with Gasteiger partial charge in [0.1, 0.15) is 0 Å². The van der Waals surface area contributed by atoms with Gasteiger partial charge in [0.05, 0.1) is 0 Å². The highest BCUT2D eigenvalue weighted by atomic mass is 15.2. The highest BCUT2D eigenvalue weighted by Crippen LogP contribution is 2.46. The third-order valence-corrected chi connectivity index (χ3v) is 4.69. The minimum atomic E-state index is 0.379. The van der Waals surface area contributed by atoms with Crippen LogP contribution in [0.1, 0.15) is 67.7 Å². The maximum atomic E-state index is 2.65. The van der Waals surface area contributed by atoms with E-state index in [1.165, 1.54) is 25.8 Å². The summed E-state index contributed by atoms with van der Waals surface area (Å²) >= 11 is 0. The third kappa shape index (κ3) is 3.73. The lowest BCUT2D eigenvalue weighted by atomic mass is 9.62. The zero-order valence-corrected chi connectivity index (χ0v) is 14.0. The summed E-state index contributed by atoms with van der Waals surface area (Å²) in [6, 6.07) is 0.714. The Morgan fingerprint density at radius 2 is 1.56 bits per heavy atom. The molecular formula is C17H35N. The van der Waals surface area contributed by atoms with Crippen LogP contribution in [0.4, 0.5) is 0 Å². The van der Waals surface area contributed by atoms with Gasteiger partial charge in [0.25, 0.3) is 0 Å². The van der Waals surface area contributed by atoms with E-state index in [1.807, 2.05) is 0 Å². The van der Waals surface area contributed by atoms with E-state index < -0.39 is 0 Å². The van der Waals surface area contributed by atoms with Crippen molar-refractivity contribution in [1.29, 1.82) is 0 Å². The van der Waals surface area contributed by atoms with Crippen LogP contribution in [0.2, 0.25) is 0 Å². The average Bonchev–Trinajstić information content (AvgIpc) is 2.13. The molecule has 1 heteroatoms. The summed E-state index contributed by atoms with van der Waals surface area (Å²) in [4.78, 5) is 2.65. The first-order valence-corrected chi connectivity index (χ1v) is 7.77. The van der Waals surface area contributed by atoms with E-state index >= 15 is 0 Å². The Bertz CT molecular complexity index is 256. The van der Waals surface area contributed by atoms with Crippen LogP contribution < -0.4 is 0 Å². The molecule has 1 heterocycles. The van der Waals surface area contributed by atoms with Crippen molar-refractivity contribution in [1.82, 2.24) is 4.90 Å². The van der Waals surface area contributed by atoms with E-state index in [1.54, 1.807) is 0 Å². The minimum Gasteiger partial charge on any atom is -0.302 e. The summed E-state index contributed by atoms with van der Waals surface area (Å²) in [6.45, 7) is 18.1. The van der Waals surface area contributed by atoms with Crippen molar-refractivity contribution in [3.63, 3.8) is 0 Å². The van der Waals surface area contributed by atoms with Crippen molar-refractivity contribution >= 4 is 0 Å². The highest BCUT2D eigenvalue weighted by molar-refractivity contribution is 4.97. The molecule has 0 saturated carbocycles. The lowest BCUT2D eigenvalue weighted by molar-refractivity contribution is -0.0375. The first-order chi connectivity index (χ1) is 8.07. The lowest BCUT2D eigenvalue weighted by Crippen LogP contribution is -2.56. The average molecular weight is 253 g/mol. The first kappa shape index (κ1) is 16.0. The van der Waals surface area contributed by atoms with Crippen molar-refractivity contribution in [2.24, 2.45) is 22.7 Å². The molecule has 0 aromatic heterocycles. The standard InChI is InChI=1S/C17H35N/c1-9-10-13-11-14(16(2,3)4)15(17(5,6)7)18(8)12-13/h13-15H,9-12H2,1-8H3. The quantitative estimate of drug-likeness (QED) is 0.682. The Hall–Kier alpha value is -0.0400. The van der Waals surface area contributed by atoms with Crippen LogP contribution in [-0.2, 0) is 0 Å². The smallest absolute Gasteiger partial charge is 0.0174 e. The molecule has 0 bridgehead atoms. The number of hydrogen-bond acceptors (Lipinski definition) is 1. The molecular weight excluding hydrogens is 218 g/mol. The molecule has 1 rings (SSSR count). The summed E-state index contributed by atoms with van der Waals surface area (Å²) < 4.78 is 0. The zero-order chi connectivity index (χ0) is 14.1. The predicted octanol–water partition coefficient (Wildman–Crippen LogP) is 4.82. The van der Waals surface area contributed by atoms with Gasteiger partial charge in [0, 0.05) is 12.6 Å². The SMILES string of the molecule is CCCC1CC(C(C)(C)C)C(C(C)(C)C)N(C)C1. The van der Waals surface area contributed by atoms with Crippen LogP contribution in [0.15, 0.2) is 0 Å². The van der Waals surface area contributed by atoms with Gasteiger partial charge in [-0.25, -0.2) is 0 Å².